The molecule has 1 fully saturated rings. The van der Waals surface area contributed by atoms with E-state index in [-0.39, 0.29) is 25.0 Å². The summed E-state index contributed by atoms with van der Waals surface area (Å²) in [5, 5.41) is 3.94. The van der Waals surface area contributed by atoms with E-state index in [2.05, 4.69) is 19.2 Å². The van der Waals surface area contributed by atoms with Gasteiger partial charge >= 0.3 is 5.97 Å². The normalized spacial score (nSPS) is 22.6. The highest BCUT2D eigenvalue weighted by Gasteiger charge is 2.28. The summed E-state index contributed by atoms with van der Waals surface area (Å²) in [5.74, 6) is 0.407. The van der Waals surface area contributed by atoms with Gasteiger partial charge in [-0.25, -0.2) is 0 Å². The molecular formula is C22H29NO4. The number of benzene rings is 1. The van der Waals surface area contributed by atoms with Gasteiger partial charge in [-0.2, -0.15) is 0 Å². The highest BCUT2D eigenvalue weighted by molar-refractivity contribution is 5.87. The van der Waals surface area contributed by atoms with Gasteiger partial charge in [-0.3, -0.25) is 9.59 Å². The van der Waals surface area contributed by atoms with Crippen LogP contribution in [0, 0.1) is 25.7 Å². The molecule has 1 N–H and O–H groups in total. The lowest BCUT2D eigenvalue weighted by Crippen LogP contribution is -2.45. The molecule has 3 rings (SSSR count). The molecule has 0 saturated heterocycles. The highest BCUT2D eigenvalue weighted by Crippen LogP contribution is 2.29. The van der Waals surface area contributed by atoms with Crippen molar-refractivity contribution in [3.8, 4) is 0 Å². The van der Waals surface area contributed by atoms with Crippen LogP contribution in [0.15, 0.2) is 22.8 Å². The van der Waals surface area contributed by atoms with Crippen molar-refractivity contribution in [3.05, 3.63) is 35.1 Å². The summed E-state index contributed by atoms with van der Waals surface area (Å²) >= 11 is 0. The maximum atomic E-state index is 12.2. The average molecular weight is 371 g/mol. The lowest BCUT2D eigenvalue weighted by Gasteiger charge is -2.34. The Labute approximate surface area is 160 Å². The molecule has 1 aliphatic rings. The number of amides is 1. The SMILES string of the molecule is Cc1cc2occ(CC(=O)OCC(=O)NC3CCCC(C)C3C)c2cc1C. The van der Waals surface area contributed by atoms with Gasteiger partial charge < -0.3 is 14.5 Å². The van der Waals surface area contributed by atoms with Crippen molar-refractivity contribution in [1.29, 1.82) is 0 Å². The van der Waals surface area contributed by atoms with E-state index in [4.69, 9.17) is 9.15 Å². The summed E-state index contributed by atoms with van der Waals surface area (Å²) in [5.41, 5.74) is 3.84. The van der Waals surface area contributed by atoms with Gasteiger partial charge in [0.1, 0.15) is 5.58 Å². The predicted octanol–water partition coefficient (Wildman–Crippen LogP) is 4.08. The van der Waals surface area contributed by atoms with Crippen LogP contribution in [-0.4, -0.2) is 24.5 Å². The third kappa shape index (κ3) is 4.52. The van der Waals surface area contributed by atoms with Crippen LogP contribution in [-0.2, 0) is 20.7 Å². The molecule has 1 amide bonds. The second kappa shape index (κ2) is 8.15. The molecule has 0 bridgehead atoms. The molecule has 0 aliphatic heterocycles. The molecule has 0 radical (unpaired) electrons. The molecule has 1 aromatic carbocycles. The Morgan fingerprint density at radius 2 is 1.93 bits per heavy atom. The molecule has 0 spiro atoms. The second-order valence-electron chi connectivity index (χ2n) is 7.97. The minimum atomic E-state index is -0.420. The topological polar surface area (TPSA) is 68.5 Å². The third-order valence-corrected chi connectivity index (χ3v) is 6.02. The fourth-order valence-corrected chi connectivity index (χ4v) is 3.86. The second-order valence-corrected chi connectivity index (χ2v) is 7.97. The van der Waals surface area contributed by atoms with Crippen molar-refractivity contribution in [3.63, 3.8) is 0 Å². The quantitative estimate of drug-likeness (QED) is 0.804. The number of ether oxygens (including phenoxy) is 1. The minimum absolute atomic E-state index is 0.0969. The van der Waals surface area contributed by atoms with Gasteiger partial charge in [0.05, 0.1) is 12.7 Å². The van der Waals surface area contributed by atoms with Crippen molar-refractivity contribution in [2.75, 3.05) is 6.61 Å². The number of hydrogen-bond donors (Lipinski definition) is 1. The first kappa shape index (κ1) is 19.5. The van der Waals surface area contributed by atoms with Crippen LogP contribution >= 0.6 is 0 Å². The smallest absolute Gasteiger partial charge is 0.310 e. The van der Waals surface area contributed by atoms with E-state index in [0.717, 1.165) is 40.5 Å². The van der Waals surface area contributed by atoms with Crippen LogP contribution in [0.3, 0.4) is 0 Å². The zero-order valence-electron chi connectivity index (χ0n) is 16.6. The van der Waals surface area contributed by atoms with Gasteiger partial charge in [0.2, 0.25) is 0 Å². The van der Waals surface area contributed by atoms with Crippen LogP contribution < -0.4 is 5.32 Å². The number of carbonyl (C=O) groups is 2. The van der Waals surface area contributed by atoms with Crippen molar-refractivity contribution >= 4 is 22.8 Å². The molecule has 5 nitrogen and oxygen atoms in total. The number of rotatable bonds is 5. The van der Waals surface area contributed by atoms with E-state index in [9.17, 15) is 9.59 Å². The van der Waals surface area contributed by atoms with Crippen LogP contribution in [0.4, 0.5) is 0 Å². The van der Waals surface area contributed by atoms with Gasteiger partial charge in [0.15, 0.2) is 6.61 Å². The number of aryl methyl sites for hydroxylation is 2. The van der Waals surface area contributed by atoms with Crippen molar-refractivity contribution in [1.82, 2.24) is 5.32 Å². The van der Waals surface area contributed by atoms with Gasteiger partial charge in [-0.15, -0.1) is 0 Å². The summed E-state index contributed by atoms with van der Waals surface area (Å²) in [6.07, 6.45) is 5.02. The first-order valence-corrected chi connectivity index (χ1v) is 9.77. The minimum Gasteiger partial charge on any atom is -0.464 e. The Balaban J connectivity index is 1.52. The first-order valence-electron chi connectivity index (χ1n) is 9.77. The molecule has 2 aromatic rings. The number of hydrogen-bond acceptors (Lipinski definition) is 4. The predicted molar refractivity (Wildman–Crippen MR) is 104 cm³/mol. The monoisotopic (exact) mass is 371 g/mol. The van der Waals surface area contributed by atoms with Gasteiger partial charge in [-0.05, 0) is 55.4 Å². The van der Waals surface area contributed by atoms with E-state index in [1.165, 1.54) is 6.42 Å². The van der Waals surface area contributed by atoms with Gasteiger partial charge in [0.25, 0.3) is 5.91 Å². The van der Waals surface area contributed by atoms with Crippen LogP contribution in [0.1, 0.15) is 49.8 Å². The molecule has 1 aromatic heterocycles. The molecule has 1 heterocycles. The average Bonchev–Trinajstić information content (AvgIpc) is 2.99. The third-order valence-electron chi connectivity index (χ3n) is 6.02. The lowest BCUT2D eigenvalue weighted by atomic mass is 9.78. The lowest BCUT2D eigenvalue weighted by molar-refractivity contribution is -0.148. The number of esters is 1. The van der Waals surface area contributed by atoms with E-state index in [1.54, 1.807) is 6.26 Å². The van der Waals surface area contributed by atoms with Crippen molar-refractivity contribution in [2.24, 2.45) is 11.8 Å². The summed E-state index contributed by atoms with van der Waals surface area (Å²) < 4.78 is 10.7. The maximum absolute atomic E-state index is 12.2. The van der Waals surface area contributed by atoms with Crippen molar-refractivity contribution < 1.29 is 18.7 Å². The van der Waals surface area contributed by atoms with Crippen LogP contribution in [0.2, 0.25) is 0 Å². The fourth-order valence-electron chi connectivity index (χ4n) is 3.86. The number of fused-ring (bicyclic) bond motifs is 1. The summed E-state index contributed by atoms with van der Waals surface area (Å²) in [6, 6.07) is 4.16. The Morgan fingerprint density at radius 3 is 2.70 bits per heavy atom. The van der Waals surface area contributed by atoms with E-state index < -0.39 is 5.97 Å². The largest absolute Gasteiger partial charge is 0.464 e. The standard InChI is InChI=1S/C22H29NO4/c1-13-6-5-7-19(16(13)4)23-21(24)12-27-22(25)10-17-11-26-20-9-15(3)14(2)8-18(17)20/h8-9,11,13,16,19H,5-7,10,12H2,1-4H3,(H,23,24). The van der Waals surface area contributed by atoms with E-state index >= 15 is 0 Å². The Kier molecular flexibility index (Phi) is 5.88. The summed E-state index contributed by atoms with van der Waals surface area (Å²) in [6.45, 7) is 8.22. The molecule has 1 saturated carbocycles. The van der Waals surface area contributed by atoms with E-state index in [0.29, 0.717) is 11.8 Å². The molecule has 27 heavy (non-hydrogen) atoms. The van der Waals surface area contributed by atoms with Gasteiger partial charge in [0, 0.05) is 17.0 Å². The summed E-state index contributed by atoms with van der Waals surface area (Å²) in [7, 11) is 0. The Morgan fingerprint density at radius 1 is 1.19 bits per heavy atom. The molecule has 3 atom stereocenters. The number of nitrogens with one attached hydrogen (secondary N) is 1. The Bertz CT molecular complexity index is 838. The molecular weight excluding hydrogens is 342 g/mol. The molecule has 3 unspecified atom stereocenters. The van der Waals surface area contributed by atoms with Crippen LogP contribution in [0.5, 0.6) is 0 Å². The summed E-state index contributed by atoms with van der Waals surface area (Å²) in [4.78, 5) is 24.3. The number of furan rings is 1. The molecule has 5 heteroatoms. The zero-order valence-corrected chi connectivity index (χ0v) is 16.6. The first-order chi connectivity index (χ1) is 12.8. The number of carbonyl (C=O) groups excluding carboxylic acids is 2. The van der Waals surface area contributed by atoms with Crippen molar-refractivity contribution in [2.45, 2.75) is 59.4 Å². The highest BCUT2D eigenvalue weighted by atomic mass is 16.5. The zero-order chi connectivity index (χ0) is 19.6. The van der Waals surface area contributed by atoms with E-state index in [1.807, 2.05) is 26.0 Å². The molecule has 1 aliphatic carbocycles. The fraction of sp³-hybridized carbons (Fsp3) is 0.545. The van der Waals surface area contributed by atoms with Crippen LogP contribution in [0.25, 0.3) is 11.0 Å². The molecule has 146 valence electrons. The Hall–Kier alpha value is -2.30. The van der Waals surface area contributed by atoms with Gasteiger partial charge in [-0.1, -0.05) is 26.7 Å². The maximum Gasteiger partial charge on any atom is 0.310 e.